The Bertz CT molecular complexity index is 301. The maximum Gasteiger partial charge on any atom is 0.254 e. The molecule has 0 fully saturated rings. The van der Waals surface area contributed by atoms with Crippen molar-refractivity contribution in [1.29, 1.82) is 0 Å². The van der Waals surface area contributed by atoms with Crippen LogP contribution in [0.25, 0.3) is 0 Å². The minimum Gasteiger partial charge on any atom is -0.311 e. The van der Waals surface area contributed by atoms with Crippen molar-refractivity contribution in [2.75, 3.05) is 0 Å². The molecule has 1 aromatic rings. The molecule has 0 aliphatic carbocycles. The Hall–Kier alpha value is -1.12. The average Bonchev–Trinajstić information content (AvgIpc) is 1.85. The molecule has 3 heteroatoms. The van der Waals surface area contributed by atoms with Gasteiger partial charge in [0.25, 0.3) is 5.56 Å². The van der Waals surface area contributed by atoms with E-state index in [2.05, 4.69) is 9.97 Å². The van der Waals surface area contributed by atoms with Crippen molar-refractivity contribution in [2.24, 2.45) is 0 Å². The third-order valence-corrected chi connectivity index (χ3v) is 1.58. The summed E-state index contributed by atoms with van der Waals surface area (Å²) in [7, 11) is 0. The zero-order valence-electron chi connectivity index (χ0n) is 7.01. The summed E-state index contributed by atoms with van der Waals surface area (Å²) in [5, 5.41) is 0. The van der Waals surface area contributed by atoms with E-state index in [4.69, 9.17) is 0 Å². The smallest absolute Gasteiger partial charge is 0.254 e. The van der Waals surface area contributed by atoms with Gasteiger partial charge in [-0.1, -0.05) is 13.8 Å². The number of nitrogens with zero attached hydrogens (tertiary/aromatic N) is 1. The van der Waals surface area contributed by atoms with Gasteiger partial charge in [-0.3, -0.25) is 4.79 Å². The highest BCUT2D eigenvalue weighted by Crippen LogP contribution is 2.05. The fraction of sp³-hybridized carbons (Fsp3) is 0.500. The fourth-order valence-corrected chi connectivity index (χ4v) is 0.905. The van der Waals surface area contributed by atoms with Crippen LogP contribution < -0.4 is 5.56 Å². The van der Waals surface area contributed by atoms with E-state index in [1.807, 2.05) is 13.8 Å². The van der Waals surface area contributed by atoms with Crippen LogP contribution in [0.15, 0.2) is 11.0 Å². The van der Waals surface area contributed by atoms with E-state index in [9.17, 15) is 4.79 Å². The zero-order valence-corrected chi connectivity index (χ0v) is 7.01. The van der Waals surface area contributed by atoms with Crippen molar-refractivity contribution in [2.45, 2.75) is 26.7 Å². The van der Waals surface area contributed by atoms with Crippen LogP contribution in [0.3, 0.4) is 0 Å². The molecule has 0 aliphatic rings. The van der Waals surface area contributed by atoms with Gasteiger partial charge in [0.1, 0.15) is 5.82 Å². The Morgan fingerprint density at radius 2 is 2.18 bits per heavy atom. The Balaban J connectivity index is 3.21. The lowest BCUT2D eigenvalue weighted by Crippen LogP contribution is -2.15. The highest BCUT2D eigenvalue weighted by atomic mass is 16.1. The number of hydrogen-bond donors (Lipinski definition) is 1. The van der Waals surface area contributed by atoms with Crippen molar-refractivity contribution < 1.29 is 0 Å². The Morgan fingerprint density at radius 1 is 1.55 bits per heavy atom. The van der Waals surface area contributed by atoms with Gasteiger partial charge in [-0.05, 0) is 12.8 Å². The van der Waals surface area contributed by atoms with E-state index in [0.717, 1.165) is 5.56 Å². The maximum absolute atomic E-state index is 11.2. The van der Waals surface area contributed by atoms with Crippen LogP contribution in [-0.2, 0) is 0 Å². The maximum atomic E-state index is 11.2. The first kappa shape index (κ1) is 7.98. The predicted octanol–water partition coefficient (Wildman–Crippen LogP) is 1.20. The summed E-state index contributed by atoms with van der Waals surface area (Å²) in [5.74, 6) is 0.909. The van der Waals surface area contributed by atoms with Gasteiger partial charge in [-0.15, -0.1) is 0 Å². The fourth-order valence-electron chi connectivity index (χ4n) is 0.905. The number of aromatic nitrogens is 2. The van der Waals surface area contributed by atoms with Gasteiger partial charge in [0.15, 0.2) is 0 Å². The van der Waals surface area contributed by atoms with Gasteiger partial charge in [-0.2, -0.15) is 0 Å². The van der Waals surface area contributed by atoms with Crippen LogP contribution in [0.2, 0.25) is 0 Å². The molecule has 3 nitrogen and oxygen atoms in total. The normalized spacial score (nSPS) is 10.5. The topological polar surface area (TPSA) is 45.8 Å². The Labute approximate surface area is 65.5 Å². The van der Waals surface area contributed by atoms with Gasteiger partial charge < -0.3 is 4.98 Å². The number of hydrogen-bond acceptors (Lipinski definition) is 2. The molecule has 0 aromatic carbocycles. The van der Waals surface area contributed by atoms with Gasteiger partial charge in [0.2, 0.25) is 0 Å². The molecule has 1 rings (SSSR count). The average molecular weight is 152 g/mol. The lowest BCUT2D eigenvalue weighted by Gasteiger charge is -2.01. The first-order valence-electron chi connectivity index (χ1n) is 3.67. The Morgan fingerprint density at radius 3 is 2.64 bits per heavy atom. The standard InChI is InChI=1S/C8H12N2O/c1-5(2)7-4-9-6(3)10-8(7)11/h4-5H,1-3H3,(H,9,10,11). The number of nitrogens with one attached hydrogen (secondary N) is 1. The second-order valence-electron chi connectivity index (χ2n) is 2.91. The molecule has 1 N–H and O–H groups in total. The molecule has 0 spiro atoms. The van der Waals surface area contributed by atoms with Gasteiger partial charge >= 0.3 is 0 Å². The minimum absolute atomic E-state index is 0.0208. The van der Waals surface area contributed by atoms with Gasteiger partial charge in [-0.25, -0.2) is 4.98 Å². The third-order valence-electron chi connectivity index (χ3n) is 1.58. The molecular formula is C8H12N2O. The van der Waals surface area contributed by atoms with Crippen LogP contribution in [0, 0.1) is 6.92 Å². The molecule has 1 heterocycles. The molecular weight excluding hydrogens is 140 g/mol. The summed E-state index contributed by atoms with van der Waals surface area (Å²) in [6.45, 7) is 5.72. The molecule has 0 aliphatic heterocycles. The largest absolute Gasteiger partial charge is 0.311 e. The highest BCUT2D eigenvalue weighted by Gasteiger charge is 2.03. The molecule has 0 bridgehead atoms. The van der Waals surface area contributed by atoms with E-state index < -0.39 is 0 Å². The van der Waals surface area contributed by atoms with E-state index in [-0.39, 0.29) is 11.5 Å². The second kappa shape index (κ2) is 2.86. The number of rotatable bonds is 1. The van der Waals surface area contributed by atoms with Crippen molar-refractivity contribution in [3.63, 3.8) is 0 Å². The first-order valence-corrected chi connectivity index (χ1v) is 3.67. The first-order chi connectivity index (χ1) is 5.11. The molecule has 0 saturated carbocycles. The zero-order chi connectivity index (χ0) is 8.43. The number of H-pyrrole nitrogens is 1. The van der Waals surface area contributed by atoms with Crippen molar-refractivity contribution in [3.8, 4) is 0 Å². The third kappa shape index (κ3) is 1.67. The summed E-state index contributed by atoms with van der Waals surface area (Å²) < 4.78 is 0. The van der Waals surface area contributed by atoms with E-state index >= 15 is 0 Å². The van der Waals surface area contributed by atoms with Crippen LogP contribution in [0.5, 0.6) is 0 Å². The van der Waals surface area contributed by atoms with Crippen LogP contribution in [0.4, 0.5) is 0 Å². The lowest BCUT2D eigenvalue weighted by molar-refractivity contribution is 0.820. The highest BCUT2D eigenvalue weighted by molar-refractivity contribution is 5.09. The summed E-state index contributed by atoms with van der Waals surface area (Å²) in [6.07, 6.45) is 1.64. The summed E-state index contributed by atoms with van der Waals surface area (Å²) in [5.41, 5.74) is 0.725. The Kier molecular flexibility index (Phi) is 2.08. The molecule has 0 amide bonds. The monoisotopic (exact) mass is 152 g/mol. The summed E-state index contributed by atoms with van der Waals surface area (Å²) in [6, 6.07) is 0. The second-order valence-corrected chi connectivity index (χ2v) is 2.91. The van der Waals surface area contributed by atoms with Crippen LogP contribution >= 0.6 is 0 Å². The van der Waals surface area contributed by atoms with Gasteiger partial charge in [0.05, 0.1) is 0 Å². The van der Waals surface area contributed by atoms with Crippen molar-refractivity contribution in [3.05, 3.63) is 27.9 Å². The lowest BCUT2D eigenvalue weighted by atomic mass is 10.1. The number of aryl methyl sites for hydroxylation is 1. The molecule has 60 valence electrons. The van der Waals surface area contributed by atoms with Crippen LogP contribution in [-0.4, -0.2) is 9.97 Å². The van der Waals surface area contributed by atoms with Crippen LogP contribution in [0.1, 0.15) is 31.2 Å². The quantitative estimate of drug-likeness (QED) is 0.657. The molecule has 0 radical (unpaired) electrons. The number of aromatic amines is 1. The molecule has 0 atom stereocenters. The van der Waals surface area contributed by atoms with Gasteiger partial charge in [0, 0.05) is 11.8 Å². The molecule has 1 aromatic heterocycles. The predicted molar refractivity (Wildman–Crippen MR) is 43.7 cm³/mol. The van der Waals surface area contributed by atoms with Crippen molar-refractivity contribution in [1.82, 2.24) is 9.97 Å². The SMILES string of the molecule is Cc1ncc(C(C)C)c(=O)[nH]1. The molecule has 0 saturated heterocycles. The molecule has 11 heavy (non-hydrogen) atoms. The minimum atomic E-state index is -0.0208. The summed E-state index contributed by atoms with van der Waals surface area (Å²) in [4.78, 5) is 17.8. The van der Waals surface area contributed by atoms with E-state index in [1.165, 1.54) is 0 Å². The van der Waals surface area contributed by atoms with E-state index in [1.54, 1.807) is 13.1 Å². The molecule has 0 unspecified atom stereocenters. The van der Waals surface area contributed by atoms with E-state index in [0.29, 0.717) is 5.82 Å². The summed E-state index contributed by atoms with van der Waals surface area (Å²) >= 11 is 0. The van der Waals surface area contributed by atoms with Crippen molar-refractivity contribution >= 4 is 0 Å².